The van der Waals surface area contributed by atoms with Crippen LogP contribution in [0.4, 0.5) is 5.69 Å². The van der Waals surface area contributed by atoms with E-state index < -0.39 is 0 Å². The van der Waals surface area contributed by atoms with Crippen LogP contribution >= 0.6 is 27.3 Å². The van der Waals surface area contributed by atoms with Gasteiger partial charge in [-0.25, -0.2) is 0 Å². The minimum absolute atomic E-state index is 0.00238. The van der Waals surface area contributed by atoms with Gasteiger partial charge in [-0.2, -0.15) is 0 Å². The van der Waals surface area contributed by atoms with Crippen LogP contribution < -0.4 is 4.90 Å². The number of nitrogens with zero attached hydrogens (tertiary/aromatic N) is 2. The minimum atomic E-state index is -0.294. The molecule has 0 saturated carbocycles. The van der Waals surface area contributed by atoms with Gasteiger partial charge in [0.2, 0.25) is 11.8 Å². The molecule has 1 saturated heterocycles. The van der Waals surface area contributed by atoms with Crippen molar-refractivity contribution >= 4 is 44.8 Å². The largest absolute Gasteiger partial charge is 0.338 e. The number of amides is 2. The van der Waals surface area contributed by atoms with Crippen molar-refractivity contribution in [2.75, 3.05) is 18.5 Å². The summed E-state index contributed by atoms with van der Waals surface area (Å²) < 4.78 is 0.867. The molecule has 4 nitrogen and oxygen atoms in total. The normalized spacial score (nSPS) is 18.7. The zero-order valence-electron chi connectivity index (χ0n) is 13.6. The molecule has 0 aliphatic carbocycles. The van der Waals surface area contributed by atoms with Crippen molar-refractivity contribution in [2.24, 2.45) is 5.92 Å². The molecule has 2 atom stereocenters. The van der Waals surface area contributed by atoms with E-state index in [2.05, 4.69) is 15.9 Å². The molecule has 1 aromatic heterocycles. The van der Waals surface area contributed by atoms with E-state index >= 15 is 0 Å². The molecule has 6 heteroatoms. The van der Waals surface area contributed by atoms with E-state index in [1.54, 1.807) is 21.1 Å². The van der Waals surface area contributed by atoms with Gasteiger partial charge in [-0.15, -0.1) is 11.3 Å². The third-order valence-electron chi connectivity index (χ3n) is 4.50. The lowest BCUT2D eigenvalue weighted by molar-refractivity contribution is -0.136. The van der Waals surface area contributed by atoms with Gasteiger partial charge in [-0.3, -0.25) is 9.59 Å². The molecule has 24 heavy (non-hydrogen) atoms. The van der Waals surface area contributed by atoms with Gasteiger partial charge in [0.15, 0.2) is 0 Å². The van der Waals surface area contributed by atoms with Gasteiger partial charge in [0.25, 0.3) is 0 Å². The molecular weight excluding hydrogens is 388 g/mol. The van der Waals surface area contributed by atoms with Gasteiger partial charge in [-0.1, -0.05) is 18.2 Å². The second kappa shape index (κ2) is 7.07. The number of carbonyl (C=O) groups excluding carboxylic acids is 2. The smallest absolute Gasteiger partial charge is 0.228 e. The van der Waals surface area contributed by atoms with Crippen LogP contribution in [0, 0.1) is 5.92 Å². The summed E-state index contributed by atoms with van der Waals surface area (Å²) in [6.07, 6.45) is 0.266. The number of hydrogen-bond donors (Lipinski definition) is 0. The van der Waals surface area contributed by atoms with E-state index in [1.165, 1.54) is 0 Å². The predicted octanol–water partition coefficient (Wildman–Crippen LogP) is 4.08. The molecule has 1 aliphatic heterocycles. The number of carbonyl (C=O) groups is 2. The highest BCUT2D eigenvalue weighted by Crippen LogP contribution is 2.33. The standard InChI is InChI=1S/C18H19BrN2O2S/c1-12(16-8-5-9-24-16)20(2)18(23)13-10-17(22)21(11-13)15-7-4-3-6-14(15)19/h3-9,12-13H,10-11H2,1-2H3/t12-,13+/m1/s1. The Kier molecular flexibility index (Phi) is 5.06. The van der Waals surface area contributed by atoms with Crippen LogP contribution in [0.15, 0.2) is 46.3 Å². The number of benzene rings is 1. The molecular formula is C18H19BrN2O2S. The molecule has 3 rings (SSSR count). The molecule has 0 N–H and O–H groups in total. The fourth-order valence-corrected chi connectivity index (χ4v) is 4.30. The average molecular weight is 407 g/mol. The van der Waals surface area contributed by atoms with Gasteiger partial charge in [0.05, 0.1) is 17.6 Å². The summed E-state index contributed by atoms with van der Waals surface area (Å²) in [5.41, 5.74) is 0.826. The maximum absolute atomic E-state index is 12.8. The van der Waals surface area contributed by atoms with Crippen molar-refractivity contribution in [1.82, 2.24) is 4.90 Å². The second-order valence-electron chi connectivity index (χ2n) is 6.00. The zero-order chi connectivity index (χ0) is 17.3. The molecule has 0 spiro atoms. The lowest BCUT2D eigenvalue weighted by Crippen LogP contribution is -2.36. The van der Waals surface area contributed by atoms with Crippen molar-refractivity contribution in [1.29, 1.82) is 0 Å². The van der Waals surface area contributed by atoms with E-state index in [0.29, 0.717) is 6.54 Å². The average Bonchev–Trinajstić information content (AvgIpc) is 3.23. The Morgan fingerprint density at radius 3 is 2.75 bits per heavy atom. The van der Waals surface area contributed by atoms with Crippen LogP contribution in [0.3, 0.4) is 0 Å². The first-order valence-electron chi connectivity index (χ1n) is 7.84. The molecule has 0 bridgehead atoms. The molecule has 1 fully saturated rings. The van der Waals surface area contributed by atoms with Crippen LogP contribution in [-0.2, 0) is 9.59 Å². The maximum atomic E-state index is 12.8. The highest BCUT2D eigenvalue weighted by atomic mass is 79.9. The Bertz CT molecular complexity index is 747. The molecule has 0 unspecified atom stereocenters. The second-order valence-corrected chi connectivity index (χ2v) is 7.83. The van der Waals surface area contributed by atoms with E-state index in [-0.39, 0.29) is 30.2 Å². The van der Waals surface area contributed by atoms with Gasteiger partial charge in [0.1, 0.15) is 0 Å². The number of rotatable bonds is 4. The predicted molar refractivity (Wildman–Crippen MR) is 100 cm³/mol. The summed E-state index contributed by atoms with van der Waals surface area (Å²) in [6, 6.07) is 11.6. The highest BCUT2D eigenvalue weighted by Gasteiger charge is 2.38. The van der Waals surface area contributed by atoms with Gasteiger partial charge in [-0.05, 0) is 46.4 Å². The van der Waals surface area contributed by atoms with Crippen LogP contribution in [0.5, 0.6) is 0 Å². The highest BCUT2D eigenvalue weighted by molar-refractivity contribution is 9.10. The molecule has 2 amide bonds. The van der Waals surface area contributed by atoms with Crippen LogP contribution in [-0.4, -0.2) is 30.3 Å². The Balaban J connectivity index is 1.73. The Morgan fingerprint density at radius 1 is 1.33 bits per heavy atom. The lowest BCUT2D eigenvalue weighted by Gasteiger charge is -2.27. The van der Waals surface area contributed by atoms with E-state index in [1.807, 2.05) is 55.7 Å². The van der Waals surface area contributed by atoms with Gasteiger partial charge >= 0.3 is 0 Å². The number of hydrogen-bond acceptors (Lipinski definition) is 3. The first kappa shape index (κ1) is 17.2. The fraction of sp³-hybridized carbons (Fsp3) is 0.333. The molecule has 2 aromatic rings. The Labute approximate surface area is 154 Å². The van der Waals surface area contributed by atoms with Crippen molar-refractivity contribution in [2.45, 2.75) is 19.4 Å². The van der Waals surface area contributed by atoms with Crippen molar-refractivity contribution < 1.29 is 9.59 Å². The minimum Gasteiger partial charge on any atom is -0.338 e. The number of anilines is 1. The monoisotopic (exact) mass is 406 g/mol. The Morgan fingerprint density at radius 2 is 2.08 bits per heavy atom. The summed E-state index contributed by atoms with van der Waals surface area (Å²) in [6.45, 7) is 2.45. The molecule has 2 heterocycles. The quantitative estimate of drug-likeness (QED) is 0.766. The third kappa shape index (κ3) is 3.26. The zero-order valence-corrected chi connectivity index (χ0v) is 16.0. The number of thiophene rings is 1. The van der Waals surface area contributed by atoms with Gasteiger partial charge in [0, 0.05) is 29.4 Å². The van der Waals surface area contributed by atoms with Crippen LogP contribution in [0.2, 0.25) is 0 Å². The van der Waals surface area contributed by atoms with E-state index in [0.717, 1.165) is 15.0 Å². The van der Waals surface area contributed by atoms with Crippen LogP contribution in [0.1, 0.15) is 24.3 Å². The summed E-state index contributed by atoms with van der Waals surface area (Å²) >= 11 is 5.12. The summed E-state index contributed by atoms with van der Waals surface area (Å²) in [7, 11) is 1.82. The fourth-order valence-electron chi connectivity index (χ4n) is 2.98. The SMILES string of the molecule is C[C@H](c1cccs1)N(C)C(=O)[C@H]1CC(=O)N(c2ccccc2Br)C1. The van der Waals surface area contributed by atoms with Crippen LogP contribution in [0.25, 0.3) is 0 Å². The summed E-state index contributed by atoms with van der Waals surface area (Å²) in [5.74, 6) is -0.270. The van der Waals surface area contributed by atoms with Crippen molar-refractivity contribution in [3.8, 4) is 0 Å². The molecule has 126 valence electrons. The van der Waals surface area contributed by atoms with E-state index in [9.17, 15) is 9.59 Å². The topological polar surface area (TPSA) is 40.6 Å². The maximum Gasteiger partial charge on any atom is 0.228 e. The lowest BCUT2D eigenvalue weighted by atomic mass is 10.1. The molecule has 0 radical (unpaired) electrons. The third-order valence-corrected chi connectivity index (χ3v) is 6.21. The summed E-state index contributed by atoms with van der Waals surface area (Å²) in [4.78, 5) is 29.8. The number of para-hydroxylation sites is 1. The first-order chi connectivity index (χ1) is 11.5. The van der Waals surface area contributed by atoms with Gasteiger partial charge < -0.3 is 9.80 Å². The summed E-state index contributed by atoms with van der Waals surface area (Å²) in [5, 5.41) is 2.01. The first-order valence-corrected chi connectivity index (χ1v) is 9.51. The van der Waals surface area contributed by atoms with Crippen molar-refractivity contribution in [3.05, 3.63) is 51.1 Å². The van der Waals surface area contributed by atoms with E-state index in [4.69, 9.17) is 0 Å². The van der Waals surface area contributed by atoms with Crippen molar-refractivity contribution in [3.63, 3.8) is 0 Å². The molecule has 1 aliphatic rings. The molecule has 1 aromatic carbocycles. The number of halogens is 1. The Hall–Kier alpha value is -1.66.